The third kappa shape index (κ3) is 2.32. The first-order valence-corrected chi connectivity index (χ1v) is 8.57. The predicted molar refractivity (Wildman–Crippen MR) is 95.6 cm³/mol. The summed E-state index contributed by atoms with van der Waals surface area (Å²) in [6.45, 7) is 2.19. The van der Waals surface area contributed by atoms with E-state index in [1.54, 1.807) is 12.1 Å². The van der Waals surface area contributed by atoms with Gasteiger partial charge in [-0.25, -0.2) is 4.79 Å². The van der Waals surface area contributed by atoms with Crippen molar-refractivity contribution in [2.45, 2.75) is 31.7 Å². The number of carbonyl (C=O) groups is 1. The van der Waals surface area contributed by atoms with Crippen molar-refractivity contribution in [3.63, 3.8) is 0 Å². The molecule has 3 heteroatoms. The summed E-state index contributed by atoms with van der Waals surface area (Å²) in [6.07, 6.45) is 6.67. The predicted octanol–water partition coefficient (Wildman–Crippen LogP) is 4.77. The van der Waals surface area contributed by atoms with E-state index in [4.69, 9.17) is 5.11 Å². The first kappa shape index (κ1) is 15.0. The number of carboxylic acids is 1. The smallest absolute Gasteiger partial charge is 0.335 e. The molecule has 0 saturated heterocycles. The minimum Gasteiger partial charge on any atom is -0.478 e. The van der Waals surface area contributed by atoms with Crippen LogP contribution < -0.4 is 5.32 Å². The number of hydrogen-bond acceptors (Lipinski definition) is 2. The molecule has 122 valence electrons. The van der Waals surface area contributed by atoms with Gasteiger partial charge >= 0.3 is 5.97 Å². The van der Waals surface area contributed by atoms with Crippen molar-refractivity contribution < 1.29 is 9.90 Å². The fourth-order valence-electron chi connectivity index (χ4n) is 4.14. The third-order valence-corrected chi connectivity index (χ3v) is 5.38. The van der Waals surface area contributed by atoms with Gasteiger partial charge in [-0.05, 0) is 47.6 Å². The van der Waals surface area contributed by atoms with E-state index in [1.807, 2.05) is 12.1 Å². The van der Waals surface area contributed by atoms with Gasteiger partial charge in [-0.2, -0.15) is 0 Å². The van der Waals surface area contributed by atoms with Gasteiger partial charge in [0.1, 0.15) is 0 Å². The van der Waals surface area contributed by atoms with Crippen LogP contribution in [-0.4, -0.2) is 11.1 Å². The van der Waals surface area contributed by atoms with Crippen LogP contribution in [0.4, 0.5) is 5.69 Å². The number of aromatic carboxylic acids is 1. The van der Waals surface area contributed by atoms with Crippen molar-refractivity contribution >= 4 is 11.7 Å². The van der Waals surface area contributed by atoms with Crippen molar-refractivity contribution in [2.75, 3.05) is 5.32 Å². The van der Waals surface area contributed by atoms with Gasteiger partial charge in [-0.1, -0.05) is 49.4 Å². The zero-order valence-electron chi connectivity index (χ0n) is 13.7. The Hall–Kier alpha value is -2.55. The summed E-state index contributed by atoms with van der Waals surface area (Å²) < 4.78 is 0. The lowest BCUT2D eigenvalue weighted by molar-refractivity contribution is 0.0697. The molecule has 3 unspecified atom stereocenters. The van der Waals surface area contributed by atoms with Gasteiger partial charge in [0, 0.05) is 11.6 Å². The Morgan fingerprint density at radius 1 is 1.21 bits per heavy atom. The van der Waals surface area contributed by atoms with E-state index >= 15 is 0 Å². The Morgan fingerprint density at radius 2 is 2.00 bits per heavy atom. The van der Waals surface area contributed by atoms with Crippen LogP contribution in [0.25, 0.3) is 0 Å². The number of allylic oxidation sites excluding steroid dienone is 2. The second-order valence-corrected chi connectivity index (χ2v) is 6.64. The molecular formula is C21H21NO2. The molecular weight excluding hydrogens is 298 g/mol. The molecule has 2 aromatic rings. The van der Waals surface area contributed by atoms with Crippen molar-refractivity contribution in [3.8, 4) is 0 Å². The number of benzene rings is 2. The molecule has 0 aromatic heterocycles. The van der Waals surface area contributed by atoms with Gasteiger partial charge in [-0.15, -0.1) is 0 Å². The Balaban J connectivity index is 1.76. The average Bonchev–Trinajstić information content (AvgIpc) is 3.10. The average molecular weight is 319 g/mol. The molecule has 0 spiro atoms. The standard InChI is InChI=1S/C21H21NO2/c1-2-13-5-3-7-17-16-6-4-8-18(16)20(22-19(13)17)14-9-11-15(12-10-14)21(23)24/h3-7,9-12,16,18,20,22H,2,8H2,1H3,(H,23,24). The Labute approximate surface area is 142 Å². The van der Waals surface area contributed by atoms with E-state index in [2.05, 4.69) is 42.6 Å². The fourth-order valence-corrected chi connectivity index (χ4v) is 4.14. The monoisotopic (exact) mass is 319 g/mol. The van der Waals surface area contributed by atoms with E-state index in [-0.39, 0.29) is 6.04 Å². The normalized spacial score (nSPS) is 24.1. The summed E-state index contributed by atoms with van der Waals surface area (Å²) in [5.41, 5.74) is 5.51. The van der Waals surface area contributed by atoms with E-state index in [0.29, 0.717) is 17.4 Å². The number of hydrogen-bond donors (Lipinski definition) is 2. The highest BCUT2D eigenvalue weighted by molar-refractivity contribution is 5.87. The Bertz CT molecular complexity index is 807. The second-order valence-electron chi connectivity index (χ2n) is 6.64. The zero-order valence-corrected chi connectivity index (χ0v) is 13.7. The number of nitrogens with one attached hydrogen (secondary N) is 1. The summed E-state index contributed by atoms with van der Waals surface area (Å²) in [4.78, 5) is 11.1. The number of rotatable bonds is 3. The lowest BCUT2D eigenvalue weighted by Gasteiger charge is -2.38. The van der Waals surface area contributed by atoms with Crippen LogP contribution in [0.15, 0.2) is 54.6 Å². The molecule has 2 aromatic carbocycles. The van der Waals surface area contributed by atoms with E-state index < -0.39 is 5.97 Å². The van der Waals surface area contributed by atoms with Gasteiger partial charge in [-0.3, -0.25) is 0 Å². The summed E-state index contributed by atoms with van der Waals surface area (Å²) in [6, 6.07) is 14.1. The van der Waals surface area contributed by atoms with Crippen molar-refractivity contribution in [1.29, 1.82) is 0 Å². The molecule has 1 aliphatic carbocycles. The molecule has 24 heavy (non-hydrogen) atoms. The number of carboxylic acid groups (broad SMARTS) is 1. The van der Waals surface area contributed by atoms with Gasteiger partial charge in [0.05, 0.1) is 11.6 Å². The largest absolute Gasteiger partial charge is 0.478 e. The maximum atomic E-state index is 11.1. The summed E-state index contributed by atoms with van der Waals surface area (Å²) in [5.74, 6) is 0.0503. The van der Waals surface area contributed by atoms with Crippen LogP contribution >= 0.6 is 0 Å². The van der Waals surface area contributed by atoms with E-state index in [1.165, 1.54) is 16.8 Å². The van der Waals surface area contributed by atoms with Crippen molar-refractivity contribution in [3.05, 3.63) is 76.9 Å². The quantitative estimate of drug-likeness (QED) is 0.801. The minimum atomic E-state index is -0.878. The van der Waals surface area contributed by atoms with Crippen LogP contribution in [0.3, 0.4) is 0 Å². The molecule has 1 heterocycles. The molecule has 4 rings (SSSR count). The highest BCUT2D eigenvalue weighted by atomic mass is 16.4. The molecule has 3 atom stereocenters. The molecule has 1 aliphatic heterocycles. The highest BCUT2D eigenvalue weighted by Crippen LogP contribution is 2.50. The molecule has 0 radical (unpaired) electrons. The van der Waals surface area contributed by atoms with Gasteiger partial charge < -0.3 is 10.4 Å². The highest BCUT2D eigenvalue weighted by Gasteiger charge is 2.38. The molecule has 2 N–H and O–H groups in total. The lowest BCUT2D eigenvalue weighted by Crippen LogP contribution is -2.29. The Kier molecular flexibility index (Phi) is 3.64. The summed E-state index contributed by atoms with van der Waals surface area (Å²) >= 11 is 0. The molecule has 0 bridgehead atoms. The maximum absolute atomic E-state index is 11.1. The maximum Gasteiger partial charge on any atom is 0.335 e. The number of para-hydroxylation sites is 1. The number of fused-ring (bicyclic) bond motifs is 3. The van der Waals surface area contributed by atoms with Gasteiger partial charge in [0.25, 0.3) is 0 Å². The molecule has 0 fully saturated rings. The fraction of sp³-hybridized carbons (Fsp3) is 0.286. The molecule has 3 nitrogen and oxygen atoms in total. The lowest BCUT2D eigenvalue weighted by atomic mass is 9.76. The first-order chi connectivity index (χ1) is 11.7. The first-order valence-electron chi connectivity index (χ1n) is 8.57. The number of aryl methyl sites for hydroxylation is 1. The summed E-state index contributed by atoms with van der Waals surface area (Å²) in [7, 11) is 0. The minimum absolute atomic E-state index is 0.216. The topological polar surface area (TPSA) is 49.3 Å². The van der Waals surface area contributed by atoms with E-state index in [9.17, 15) is 4.79 Å². The molecule has 0 amide bonds. The number of anilines is 1. The van der Waals surface area contributed by atoms with Crippen LogP contribution in [0.5, 0.6) is 0 Å². The van der Waals surface area contributed by atoms with Crippen LogP contribution in [0.2, 0.25) is 0 Å². The third-order valence-electron chi connectivity index (χ3n) is 5.38. The van der Waals surface area contributed by atoms with Crippen LogP contribution in [-0.2, 0) is 6.42 Å². The van der Waals surface area contributed by atoms with Crippen LogP contribution in [0.1, 0.15) is 52.4 Å². The summed E-state index contributed by atoms with van der Waals surface area (Å²) in [5, 5.41) is 12.9. The SMILES string of the molecule is CCc1cccc2c1NC(c1ccc(C(=O)O)cc1)C1CC=CC21. The second kappa shape index (κ2) is 5.82. The Morgan fingerprint density at radius 3 is 2.71 bits per heavy atom. The van der Waals surface area contributed by atoms with Crippen molar-refractivity contribution in [1.82, 2.24) is 0 Å². The van der Waals surface area contributed by atoms with Crippen LogP contribution in [0, 0.1) is 5.92 Å². The molecule has 0 saturated carbocycles. The zero-order chi connectivity index (χ0) is 16.7. The van der Waals surface area contributed by atoms with Gasteiger partial charge in [0.15, 0.2) is 0 Å². The van der Waals surface area contributed by atoms with Gasteiger partial charge in [0.2, 0.25) is 0 Å². The van der Waals surface area contributed by atoms with E-state index in [0.717, 1.165) is 18.4 Å². The molecule has 2 aliphatic rings. The van der Waals surface area contributed by atoms with Crippen molar-refractivity contribution in [2.24, 2.45) is 5.92 Å².